The van der Waals surface area contributed by atoms with Crippen molar-refractivity contribution in [1.29, 1.82) is 0 Å². The first-order chi connectivity index (χ1) is 10.7. The SMILES string of the molecule is OC(CN1CCC(Oc2cccnc2)C1)c1ccc(F)cc1. The van der Waals surface area contributed by atoms with Crippen LogP contribution < -0.4 is 4.74 Å². The largest absolute Gasteiger partial charge is 0.487 e. The van der Waals surface area contributed by atoms with Gasteiger partial charge in [-0.2, -0.15) is 0 Å². The minimum atomic E-state index is -0.613. The van der Waals surface area contributed by atoms with E-state index in [0.29, 0.717) is 6.54 Å². The highest BCUT2D eigenvalue weighted by atomic mass is 19.1. The summed E-state index contributed by atoms with van der Waals surface area (Å²) in [5.74, 6) is 0.482. The van der Waals surface area contributed by atoms with Crippen LogP contribution >= 0.6 is 0 Å². The van der Waals surface area contributed by atoms with Crippen LogP contribution in [0.25, 0.3) is 0 Å². The summed E-state index contributed by atoms with van der Waals surface area (Å²) in [4.78, 5) is 6.19. The molecule has 2 unspecified atom stereocenters. The summed E-state index contributed by atoms with van der Waals surface area (Å²) in [6.45, 7) is 2.18. The third kappa shape index (κ3) is 3.81. The minimum absolute atomic E-state index is 0.115. The van der Waals surface area contributed by atoms with Gasteiger partial charge in [-0.3, -0.25) is 9.88 Å². The Morgan fingerprint density at radius 3 is 2.86 bits per heavy atom. The number of nitrogens with zero attached hydrogens (tertiary/aromatic N) is 2. The molecule has 1 aliphatic rings. The van der Waals surface area contributed by atoms with Crippen LogP contribution in [0.3, 0.4) is 0 Å². The number of hydrogen-bond acceptors (Lipinski definition) is 4. The fourth-order valence-electron chi connectivity index (χ4n) is 2.70. The van der Waals surface area contributed by atoms with Crippen molar-refractivity contribution in [1.82, 2.24) is 9.88 Å². The van der Waals surface area contributed by atoms with Crippen molar-refractivity contribution in [3.8, 4) is 5.75 Å². The second-order valence-electron chi connectivity index (χ2n) is 5.54. The molecule has 0 radical (unpaired) electrons. The summed E-state index contributed by atoms with van der Waals surface area (Å²) in [5, 5.41) is 10.2. The van der Waals surface area contributed by atoms with Gasteiger partial charge in [0, 0.05) is 25.8 Å². The fraction of sp³-hybridized carbons (Fsp3) is 0.353. The molecule has 1 N–H and O–H groups in total. The number of aliphatic hydroxyl groups is 1. The van der Waals surface area contributed by atoms with Gasteiger partial charge in [0.2, 0.25) is 0 Å². The molecule has 3 rings (SSSR count). The van der Waals surface area contributed by atoms with Crippen LogP contribution in [-0.4, -0.2) is 40.7 Å². The molecule has 116 valence electrons. The fourth-order valence-corrected chi connectivity index (χ4v) is 2.70. The van der Waals surface area contributed by atoms with Gasteiger partial charge in [0.1, 0.15) is 17.7 Å². The predicted octanol–water partition coefficient (Wildman–Crippen LogP) is 2.41. The zero-order valence-corrected chi connectivity index (χ0v) is 12.2. The molecule has 22 heavy (non-hydrogen) atoms. The van der Waals surface area contributed by atoms with E-state index in [1.807, 2.05) is 12.1 Å². The molecule has 1 saturated heterocycles. The number of hydrogen-bond donors (Lipinski definition) is 1. The average molecular weight is 302 g/mol. The molecule has 0 aliphatic carbocycles. The maximum absolute atomic E-state index is 12.9. The number of rotatable bonds is 5. The van der Waals surface area contributed by atoms with Crippen molar-refractivity contribution < 1.29 is 14.2 Å². The lowest BCUT2D eigenvalue weighted by atomic mass is 10.1. The van der Waals surface area contributed by atoms with Crippen LogP contribution in [0, 0.1) is 5.82 Å². The predicted molar refractivity (Wildman–Crippen MR) is 81.1 cm³/mol. The van der Waals surface area contributed by atoms with Crippen molar-refractivity contribution >= 4 is 0 Å². The molecule has 0 spiro atoms. The van der Waals surface area contributed by atoms with Crippen LogP contribution in [-0.2, 0) is 0 Å². The smallest absolute Gasteiger partial charge is 0.138 e. The Morgan fingerprint density at radius 1 is 1.32 bits per heavy atom. The van der Waals surface area contributed by atoms with Gasteiger partial charge in [-0.25, -0.2) is 4.39 Å². The second kappa shape index (κ2) is 6.85. The first-order valence-corrected chi connectivity index (χ1v) is 7.43. The third-order valence-corrected chi connectivity index (χ3v) is 3.85. The monoisotopic (exact) mass is 302 g/mol. The van der Waals surface area contributed by atoms with E-state index in [-0.39, 0.29) is 11.9 Å². The minimum Gasteiger partial charge on any atom is -0.487 e. The lowest BCUT2D eigenvalue weighted by Crippen LogP contribution is -2.29. The van der Waals surface area contributed by atoms with Gasteiger partial charge in [0.15, 0.2) is 0 Å². The highest BCUT2D eigenvalue weighted by Crippen LogP contribution is 2.21. The molecule has 1 fully saturated rings. The van der Waals surface area contributed by atoms with Gasteiger partial charge in [0.05, 0.1) is 12.3 Å². The van der Waals surface area contributed by atoms with Crippen molar-refractivity contribution in [2.75, 3.05) is 19.6 Å². The number of β-amino-alcohol motifs (C(OH)–C–C–N with tert-alkyl or cyclic N) is 1. The first-order valence-electron chi connectivity index (χ1n) is 7.43. The van der Waals surface area contributed by atoms with E-state index in [1.54, 1.807) is 24.5 Å². The number of likely N-dealkylation sites (tertiary alicyclic amines) is 1. The molecular formula is C17H19FN2O2. The van der Waals surface area contributed by atoms with Crippen LogP contribution in [0.1, 0.15) is 18.1 Å². The molecule has 1 aromatic heterocycles. The molecule has 1 aromatic carbocycles. The maximum Gasteiger partial charge on any atom is 0.138 e. The van der Waals surface area contributed by atoms with Crippen molar-refractivity contribution in [2.45, 2.75) is 18.6 Å². The topological polar surface area (TPSA) is 45.6 Å². The number of aromatic nitrogens is 1. The lowest BCUT2D eigenvalue weighted by molar-refractivity contribution is 0.117. The van der Waals surface area contributed by atoms with Crippen LogP contribution in [0.4, 0.5) is 4.39 Å². The second-order valence-corrected chi connectivity index (χ2v) is 5.54. The summed E-state index contributed by atoms with van der Waals surface area (Å²) in [6, 6.07) is 9.73. The Labute approximate surface area is 129 Å². The summed E-state index contributed by atoms with van der Waals surface area (Å²) >= 11 is 0. The van der Waals surface area contributed by atoms with Crippen molar-refractivity contribution in [3.63, 3.8) is 0 Å². The molecule has 4 nitrogen and oxygen atoms in total. The van der Waals surface area contributed by atoms with Crippen LogP contribution in [0.15, 0.2) is 48.8 Å². The molecule has 0 bridgehead atoms. The first kappa shape index (κ1) is 14.9. The van der Waals surface area contributed by atoms with Gasteiger partial charge in [-0.15, -0.1) is 0 Å². The van der Waals surface area contributed by atoms with Gasteiger partial charge in [0.25, 0.3) is 0 Å². The van der Waals surface area contributed by atoms with Crippen LogP contribution in [0.2, 0.25) is 0 Å². The number of aliphatic hydroxyl groups excluding tert-OH is 1. The van der Waals surface area contributed by atoms with E-state index >= 15 is 0 Å². The maximum atomic E-state index is 12.9. The molecule has 2 heterocycles. The Kier molecular flexibility index (Phi) is 4.65. The van der Waals surface area contributed by atoms with E-state index < -0.39 is 6.10 Å². The third-order valence-electron chi connectivity index (χ3n) is 3.85. The molecular weight excluding hydrogens is 283 g/mol. The Bertz CT molecular complexity index is 591. The standard InChI is InChI=1S/C17H19FN2O2/c18-14-5-3-13(4-6-14)17(21)12-20-9-7-16(11-20)22-15-2-1-8-19-10-15/h1-6,8,10,16-17,21H,7,9,11-12H2. The summed E-state index contributed by atoms with van der Waals surface area (Å²) in [6.07, 6.45) is 3.84. The Balaban J connectivity index is 1.51. The molecule has 1 aliphatic heterocycles. The van der Waals surface area contributed by atoms with Gasteiger partial charge >= 0.3 is 0 Å². The number of ether oxygens (including phenoxy) is 1. The van der Waals surface area contributed by atoms with Crippen molar-refractivity contribution in [3.05, 3.63) is 60.2 Å². The van der Waals surface area contributed by atoms with E-state index in [2.05, 4.69) is 9.88 Å². The van der Waals surface area contributed by atoms with E-state index in [4.69, 9.17) is 4.74 Å². The zero-order valence-electron chi connectivity index (χ0n) is 12.2. The quantitative estimate of drug-likeness (QED) is 0.921. The van der Waals surface area contributed by atoms with E-state index in [9.17, 15) is 9.50 Å². The molecule has 2 aromatic rings. The summed E-state index contributed by atoms with van der Waals surface area (Å²) in [5.41, 5.74) is 0.734. The van der Waals surface area contributed by atoms with Gasteiger partial charge < -0.3 is 9.84 Å². The Morgan fingerprint density at radius 2 is 2.14 bits per heavy atom. The summed E-state index contributed by atoms with van der Waals surface area (Å²) < 4.78 is 18.8. The van der Waals surface area contributed by atoms with Crippen molar-refractivity contribution in [2.24, 2.45) is 0 Å². The normalized spacial score (nSPS) is 20.0. The molecule has 5 heteroatoms. The van der Waals surface area contributed by atoms with Gasteiger partial charge in [-0.1, -0.05) is 12.1 Å². The summed E-state index contributed by atoms with van der Waals surface area (Å²) in [7, 11) is 0. The Hall–Kier alpha value is -1.98. The molecule has 0 amide bonds. The highest BCUT2D eigenvalue weighted by Gasteiger charge is 2.26. The average Bonchev–Trinajstić information content (AvgIpc) is 2.96. The van der Waals surface area contributed by atoms with E-state index in [1.165, 1.54) is 12.1 Å². The lowest BCUT2D eigenvalue weighted by Gasteiger charge is -2.20. The van der Waals surface area contributed by atoms with Gasteiger partial charge in [-0.05, 0) is 36.2 Å². The molecule has 0 saturated carbocycles. The number of pyridine rings is 1. The highest BCUT2D eigenvalue weighted by molar-refractivity contribution is 5.19. The van der Waals surface area contributed by atoms with E-state index in [0.717, 1.165) is 30.8 Å². The zero-order chi connectivity index (χ0) is 15.4. The number of halogens is 1. The molecule has 2 atom stereocenters. The van der Waals surface area contributed by atoms with Crippen LogP contribution in [0.5, 0.6) is 5.75 Å². The number of benzene rings is 1.